The van der Waals surface area contributed by atoms with Crippen LogP contribution in [0.25, 0.3) is 16.6 Å². The zero-order chi connectivity index (χ0) is 23.7. The molecule has 172 valence electrons. The Hall–Kier alpha value is -3.59. The number of hydrogen-bond acceptors (Lipinski definition) is 5. The lowest BCUT2D eigenvalue weighted by Gasteiger charge is -2.36. The number of fused-ring (bicyclic) bond motifs is 1. The summed E-state index contributed by atoms with van der Waals surface area (Å²) in [7, 11) is 0. The van der Waals surface area contributed by atoms with E-state index in [-0.39, 0.29) is 11.5 Å². The molecule has 0 unspecified atom stereocenters. The molecule has 8 nitrogen and oxygen atoms in total. The molecule has 3 aromatic rings. The Labute approximate surface area is 193 Å². The number of carboxylic acid groups (broad SMARTS) is 1. The van der Waals surface area contributed by atoms with E-state index >= 15 is 0 Å². The van der Waals surface area contributed by atoms with Crippen LogP contribution in [0.5, 0.6) is 0 Å². The van der Waals surface area contributed by atoms with Gasteiger partial charge in [0.15, 0.2) is 0 Å². The minimum absolute atomic E-state index is 0.173. The number of carbonyl (C=O) groups excluding carboxylic acids is 1. The molecule has 1 fully saturated rings. The fourth-order valence-electron chi connectivity index (χ4n) is 3.89. The summed E-state index contributed by atoms with van der Waals surface area (Å²) in [6, 6.07) is 8.65. The van der Waals surface area contributed by atoms with Crippen molar-refractivity contribution < 1.29 is 23.8 Å². The summed E-state index contributed by atoms with van der Waals surface area (Å²) < 4.78 is 20.0. The Morgan fingerprint density at radius 1 is 1.12 bits per heavy atom. The van der Waals surface area contributed by atoms with E-state index in [0.29, 0.717) is 54.7 Å². The molecule has 0 radical (unpaired) electrons. The molecule has 1 aromatic heterocycles. The van der Waals surface area contributed by atoms with E-state index in [1.54, 1.807) is 24.0 Å². The van der Waals surface area contributed by atoms with Crippen LogP contribution in [-0.2, 0) is 4.74 Å². The fourth-order valence-corrected chi connectivity index (χ4v) is 4.17. The van der Waals surface area contributed by atoms with Crippen molar-refractivity contribution in [2.75, 3.05) is 37.7 Å². The first-order chi connectivity index (χ1) is 15.8. The molecule has 0 atom stereocenters. The molecule has 1 aliphatic heterocycles. The standard InChI is InChI=1S/C23H21ClFN3O5/c1-2-33-23(32)27-9-7-26(8-10-27)20-11-16-19(12-18(20)24)28(13-17(21(16)29)22(30)31)15-5-3-14(25)4-6-15/h3-6,11-13H,2,7-10H2,1H3,(H,30,31). The van der Waals surface area contributed by atoms with Gasteiger partial charge in [0.2, 0.25) is 5.43 Å². The molecule has 0 aliphatic carbocycles. The number of rotatable bonds is 4. The maximum atomic E-state index is 13.4. The van der Waals surface area contributed by atoms with Crippen molar-refractivity contribution in [3.63, 3.8) is 0 Å². The molecular formula is C23H21ClFN3O5. The van der Waals surface area contributed by atoms with E-state index in [0.717, 1.165) is 0 Å². The van der Waals surface area contributed by atoms with Crippen molar-refractivity contribution in [2.45, 2.75) is 6.92 Å². The average Bonchev–Trinajstić information content (AvgIpc) is 2.80. The van der Waals surface area contributed by atoms with Crippen LogP contribution in [0.3, 0.4) is 0 Å². The highest BCUT2D eigenvalue weighted by Crippen LogP contribution is 2.32. The lowest BCUT2D eigenvalue weighted by atomic mass is 10.1. The van der Waals surface area contributed by atoms with E-state index in [1.807, 2.05) is 4.90 Å². The first-order valence-electron chi connectivity index (χ1n) is 10.3. The van der Waals surface area contributed by atoms with E-state index in [1.165, 1.54) is 35.0 Å². The Balaban J connectivity index is 1.79. The van der Waals surface area contributed by atoms with Crippen LogP contribution in [0.1, 0.15) is 17.3 Å². The lowest BCUT2D eigenvalue weighted by molar-refractivity contribution is 0.0695. The Morgan fingerprint density at radius 3 is 2.39 bits per heavy atom. The highest BCUT2D eigenvalue weighted by Gasteiger charge is 2.25. The molecule has 33 heavy (non-hydrogen) atoms. The molecule has 0 bridgehead atoms. The van der Waals surface area contributed by atoms with Gasteiger partial charge in [-0.2, -0.15) is 0 Å². The second kappa shape index (κ2) is 9.11. The quantitative estimate of drug-likeness (QED) is 0.620. The van der Waals surface area contributed by atoms with E-state index < -0.39 is 22.8 Å². The van der Waals surface area contributed by atoms with E-state index in [4.69, 9.17) is 16.3 Å². The maximum Gasteiger partial charge on any atom is 0.409 e. The van der Waals surface area contributed by atoms with Crippen molar-refractivity contribution in [1.82, 2.24) is 9.47 Å². The fraction of sp³-hybridized carbons (Fsp3) is 0.261. The molecule has 1 aliphatic rings. The van der Waals surface area contributed by atoms with Crippen LogP contribution in [-0.4, -0.2) is 59.4 Å². The molecule has 0 saturated carbocycles. The minimum Gasteiger partial charge on any atom is -0.477 e. The zero-order valence-corrected chi connectivity index (χ0v) is 18.5. The smallest absolute Gasteiger partial charge is 0.409 e. The van der Waals surface area contributed by atoms with Crippen LogP contribution >= 0.6 is 11.6 Å². The highest BCUT2D eigenvalue weighted by molar-refractivity contribution is 6.34. The number of carbonyl (C=O) groups is 2. The van der Waals surface area contributed by atoms with Crippen LogP contribution in [0.2, 0.25) is 5.02 Å². The van der Waals surface area contributed by atoms with Crippen LogP contribution in [0.15, 0.2) is 47.4 Å². The first kappa shape index (κ1) is 22.6. The molecule has 2 heterocycles. The van der Waals surface area contributed by atoms with Gasteiger partial charge < -0.3 is 24.2 Å². The number of aromatic carboxylic acids is 1. The third-order valence-electron chi connectivity index (χ3n) is 5.55. The zero-order valence-electron chi connectivity index (χ0n) is 17.8. The lowest BCUT2D eigenvalue weighted by Crippen LogP contribution is -2.49. The molecule has 0 spiro atoms. The molecule has 2 aromatic carbocycles. The third-order valence-corrected chi connectivity index (χ3v) is 5.86. The molecule has 1 saturated heterocycles. The summed E-state index contributed by atoms with van der Waals surface area (Å²) in [6.45, 7) is 3.81. The Bertz CT molecular complexity index is 1280. The van der Waals surface area contributed by atoms with Gasteiger partial charge in [-0.15, -0.1) is 0 Å². The van der Waals surface area contributed by atoms with Gasteiger partial charge in [0.1, 0.15) is 11.4 Å². The first-order valence-corrected chi connectivity index (χ1v) is 10.7. The van der Waals surface area contributed by atoms with Crippen molar-refractivity contribution >= 4 is 40.3 Å². The Kier molecular flexibility index (Phi) is 6.24. The van der Waals surface area contributed by atoms with E-state index in [2.05, 4.69) is 0 Å². The normalized spacial score (nSPS) is 13.9. The number of pyridine rings is 1. The van der Waals surface area contributed by atoms with Gasteiger partial charge in [-0.25, -0.2) is 14.0 Å². The maximum absolute atomic E-state index is 13.4. The second-order valence-electron chi connectivity index (χ2n) is 7.52. The largest absolute Gasteiger partial charge is 0.477 e. The number of ether oxygens (including phenoxy) is 1. The number of piperazine rings is 1. The number of hydrogen-bond donors (Lipinski definition) is 1. The second-order valence-corrected chi connectivity index (χ2v) is 7.92. The number of benzene rings is 2. The van der Waals surface area contributed by atoms with Crippen molar-refractivity contribution in [3.05, 3.63) is 69.2 Å². The summed E-state index contributed by atoms with van der Waals surface area (Å²) in [5, 5.41) is 10.1. The molecule has 10 heteroatoms. The van der Waals surface area contributed by atoms with Gasteiger partial charge in [0.05, 0.1) is 22.8 Å². The molecule has 4 rings (SSSR count). The van der Waals surface area contributed by atoms with Crippen LogP contribution in [0, 0.1) is 5.82 Å². The summed E-state index contributed by atoms with van der Waals surface area (Å²) in [6.07, 6.45) is 0.837. The number of amides is 1. The van der Waals surface area contributed by atoms with Crippen molar-refractivity contribution in [2.24, 2.45) is 0 Å². The molecule has 1 N–H and O–H groups in total. The van der Waals surface area contributed by atoms with Gasteiger partial charge in [0.25, 0.3) is 0 Å². The highest BCUT2D eigenvalue weighted by atomic mass is 35.5. The summed E-state index contributed by atoms with van der Waals surface area (Å²) in [5.41, 5.74) is 0.399. The number of carboxylic acids is 1. The predicted molar refractivity (Wildman–Crippen MR) is 122 cm³/mol. The third kappa shape index (κ3) is 4.36. The number of aromatic nitrogens is 1. The van der Waals surface area contributed by atoms with Crippen molar-refractivity contribution in [1.29, 1.82) is 0 Å². The summed E-state index contributed by atoms with van der Waals surface area (Å²) >= 11 is 6.59. The van der Waals surface area contributed by atoms with Gasteiger partial charge in [-0.05, 0) is 43.3 Å². The van der Waals surface area contributed by atoms with Gasteiger partial charge in [0, 0.05) is 43.4 Å². The number of halogens is 2. The molecular weight excluding hydrogens is 453 g/mol. The average molecular weight is 474 g/mol. The number of nitrogens with zero attached hydrogens (tertiary/aromatic N) is 3. The topological polar surface area (TPSA) is 92.1 Å². The van der Waals surface area contributed by atoms with E-state index in [9.17, 15) is 23.9 Å². The van der Waals surface area contributed by atoms with Crippen LogP contribution < -0.4 is 10.3 Å². The SMILES string of the molecule is CCOC(=O)N1CCN(c2cc3c(=O)c(C(=O)O)cn(-c4ccc(F)cc4)c3cc2Cl)CC1. The van der Waals surface area contributed by atoms with Gasteiger partial charge in [-0.3, -0.25) is 4.79 Å². The summed E-state index contributed by atoms with van der Waals surface area (Å²) in [5.74, 6) is -1.80. The van der Waals surface area contributed by atoms with Gasteiger partial charge in [-0.1, -0.05) is 11.6 Å². The van der Waals surface area contributed by atoms with Crippen LogP contribution in [0.4, 0.5) is 14.9 Å². The van der Waals surface area contributed by atoms with Crippen molar-refractivity contribution in [3.8, 4) is 5.69 Å². The monoisotopic (exact) mass is 473 g/mol. The molecule has 1 amide bonds. The number of anilines is 1. The minimum atomic E-state index is -1.36. The predicted octanol–water partition coefficient (Wildman–Crippen LogP) is 3.76. The Morgan fingerprint density at radius 2 is 1.79 bits per heavy atom. The summed E-state index contributed by atoms with van der Waals surface area (Å²) in [4.78, 5) is 40.2. The van der Waals surface area contributed by atoms with Gasteiger partial charge >= 0.3 is 12.1 Å².